The highest BCUT2D eigenvalue weighted by atomic mass is 16.4. The van der Waals surface area contributed by atoms with Crippen LogP contribution in [0.25, 0.3) is 0 Å². The van der Waals surface area contributed by atoms with Gasteiger partial charge in [0.05, 0.1) is 6.04 Å². The number of aliphatic carboxylic acids is 2. The smallest absolute Gasteiger partial charge is 0.322 e. The molecule has 160 valence electrons. The van der Waals surface area contributed by atoms with Gasteiger partial charge >= 0.3 is 11.9 Å². The van der Waals surface area contributed by atoms with Gasteiger partial charge in [-0.15, -0.1) is 0 Å². The predicted molar refractivity (Wildman–Crippen MR) is 99.0 cm³/mol. The van der Waals surface area contributed by atoms with E-state index in [1.165, 1.54) is 0 Å². The van der Waals surface area contributed by atoms with Crippen molar-refractivity contribution in [3.05, 3.63) is 0 Å². The number of hydrogen-bond donors (Lipinski definition) is 6. The van der Waals surface area contributed by atoms with Crippen LogP contribution >= 0.6 is 0 Å². The van der Waals surface area contributed by atoms with Crippen molar-refractivity contribution in [3.63, 3.8) is 0 Å². The Morgan fingerprint density at radius 3 is 1.82 bits per heavy atom. The first-order valence-corrected chi connectivity index (χ1v) is 8.94. The van der Waals surface area contributed by atoms with Crippen LogP contribution in [0, 0.1) is 11.8 Å². The maximum atomic E-state index is 12.6. The van der Waals surface area contributed by atoms with Gasteiger partial charge in [0.1, 0.15) is 18.6 Å². The van der Waals surface area contributed by atoms with Crippen LogP contribution in [0.4, 0.5) is 0 Å². The molecule has 0 rings (SSSR count). The molecule has 0 saturated carbocycles. The van der Waals surface area contributed by atoms with Gasteiger partial charge in [0.25, 0.3) is 0 Å². The lowest BCUT2D eigenvalue weighted by Crippen LogP contribution is -2.58. The highest BCUT2D eigenvalue weighted by Gasteiger charge is 2.30. The van der Waals surface area contributed by atoms with Gasteiger partial charge in [-0.1, -0.05) is 27.7 Å². The van der Waals surface area contributed by atoms with Crippen LogP contribution in [0.15, 0.2) is 0 Å². The molecule has 0 aliphatic rings. The van der Waals surface area contributed by atoms with Crippen molar-refractivity contribution in [1.82, 2.24) is 16.0 Å². The predicted octanol–water partition coefficient (Wildman–Crippen LogP) is -1.34. The Labute approximate surface area is 163 Å². The number of rotatable bonds is 12. The number of nitrogens with two attached hydrogens (primary N) is 1. The van der Waals surface area contributed by atoms with Crippen LogP contribution in [-0.2, 0) is 24.0 Å². The van der Waals surface area contributed by atoms with Crippen LogP contribution in [-0.4, -0.2) is 64.5 Å². The molecule has 0 spiro atoms. The van der Waals surface area contributed by atoms with Crippen molar-refractivity contribution in [3.8, 4) is 0 Å². The molecule has 0 aliphatic heterocycles. The Morgan fingerprint density at radius 1 is 0.821 bits per heavy atom. The van der Waals surface area contributed by atoms with Crippen LogP contribution in [0.1, 0.15) is 40.5 Å². The summed E-state index contributed by atoms with van der Waals surface area (Å²) in [6.07, 6.45) is -0.654. The van der Waals surface area contributed by atoms with Gasteiger partial charge in [-0.05, 0) is 18.3 Å². The van der Waals surface area contributed by atoms with E-state index in [0.29, 0.717) is 0 Å². The van der Waals surface area contributed by atoms with Crippen LogP contribution in [0.5, 0.6) is 0 Å². The van der Waals surface area contributed by atoms with E-state index in [9.17, 15) is 24.0 Å². The molecule has 0 saturated heterocycles. The summed E-state index contributed by atoms with van der Waals surface area (Å²) in [7, 11) is 0. The van der Waals surface area contributed by atoms with Crippen molar-refractivity contribution in [2.75, 3.05) is 6.54 Å². The first-order chi connectivity index (χ1) is 12.9. The minimum atomic E-state index is -1.29. The number of nitrogens with one attached hydrogen (secondary N) is 3. The minimum Gasteiger partial charge on any atom is -0.481 e. The van der Waals surface area contributed by atoms with E-state index in [4.69, 9.17) is 15.9 Å². The van der Waals surface area contributed by atoms with E-state index in [2.05, 4.69) is 16.0 Å². The summed E-state index contributed by atoms with van der Waals surface area (Å²) in [4.78, 5) is 58.3. The molecular formula is C17H30N4O7. The highest BCUT2D eigenvalue weighted by molar-refractivity contribution is 5.94. The molecule has 3 amide bonds. The molecular weight excluding hydrogens is 372 g/mol. The third-order valence-electron chi connectivity index (χ3n) is 3.96. The van der Waals surface area contributed by atoms with E-state index in [1.807, 2.05) is 0 Å². The third-order valence-corrected chi connectivity index (χ3v) is 3.96. The van der Waals surface area contributed by atoms with Gasteiger partial charge in [-0.3, -0.25) is 24.0 Å². The molecule has 0 aliphatic carbocycles. The quantitative estimate of drug-likeness (QED) is 0.231. The number of amides is 3. The molecule has 3 atom stereocenters. The molecule has 0 radical (unpaired) electrons. The summed E-state index contributed by atoms with van der Waals surface area (Å²) in [5.74, 6) is -5.01. The first kappa shape index (κ1) is 25.3. The molecule has 11 nitrogen and oxygen atoms in total. The average molecular weight is 402 g/mol. The molecule has 0 bridgehead atoms. The van der Waals surface area contributed by atoms with E-state index in [0.717, 1.165) is 0 Å². The highest BCUT2D eigenvalue weighted by Crippen LogP contribution is 2.07. The lowest BCUT2D eigenvalue weighted by atomic mass is 9.99. The summed E-state index contributed by atoms with van der Waals surface area (Å²) < 4.78 is 0. The first-order valence-electron chi connectivity index (χ1n) is 8.94. The molecule has 11 heteroatoms. The van der Waals surface area contributed by atoms with Crippen molar-refractivity contribution >= 4 is 29.7 Å². The number of carbonyl (C=O) groups excluding carboxylic acids is 3. The molecule has 0 aromatic carbocycles. The van der Waals surface area contributed by atoms with Crippen molar-refractivity contribution in [2.24, 2.45) is 17.6 Å². The Bertz CT molecular complexity index is 592. The summed E-state index contributed by atoms with van der Waals surface area (Å²) in [6.45, 7) is 6.20. The second kappa shape index (κ2) is 11.9. The standard InChI is InChI=1S/C17H30N4O7/c1-8(2)13(18)16(27)21-14(9(3)4)17(28)20-10(5-6-11(22)23)15(26)19-7-12(24)25/h8-10,13-14H,5-7,18H2,1-4H3,(H,19,26)(H,20,28)(H,21,27)(H,22,23)(H,24,25). The maximum absolute atomic E-state index is 12.6. The summed E-state index contributed by atoms with van der Waals surface area (Å²) in [5.41, 5.74) is 5.78. The van der Waals surface area contributed by atoms with E-state index in [-0.39, 0.29) is 18.3 Å². The van der Waals surface area contributed by atoms with Gasteiger partial charge in [0.2, 0.25) is 17.7 Å². The molecule has 0 aromatic rings. The van der Waals surface area contributed by atoms with Gasteiger partial charge in [-0.2, -0.15) is 0 Å². The van der Waals surface area contributed by atoms with Gasteiger partial charge in [0, 0.05) is 6.42 Å². The van der Waals surface area contributed by atoms with E-state index < -0.39 is 60.8 Å². The monoisotopic (exact) mass is 402 g/mol. The summed E-state index contributed by atoms with van der Waals surface area (Å²) in [5, 5.41) is 24.5. The normalized spacial score (nSPS) is 14.1. The number of carboxylic acids is 2. The van der Waals surface area contributed by atoms with Crippen LogP contribution < -0.4 is 21.7 Å². The zero-order valence-electron chi connectivity index (χ0n) is 16.5. The van der Waals surface area contributed by atoms with Crippen LogP contribution in [0.2, 0.25) is 0 Å². The third kappa shape index (κ3) is 9.31. The van der Waals surface area contributed by atoms with Crippen LogP contribution in [0.3, 0.4) is 0 Å². The van der Waals surface area contributed by atoms with Gasteiger partial charge in [-0.25, -0.2) is 0 Å². The molecule has 7 N–H and O–H groups in total. The van der Waals surface area contributed by atoms with Crippen molar-refractivity contribution < 1.29 is 34.2 Å². The minimum absolute atomic E-state index is 0.152. The molecule has 3 unspecified atom stereocenters. The topological polar surface area (TPSA) is 188 Å². The Hall–Kier alpha value is -2.69. The SMILES string of the molecule is CC(C)C(N)C(=O)NC(C(=O)NC(CCC(=O)O)C(=O)NCC(=O)O)C(C)C. The summed E-state index contributed by atoms with van der Waals surface area (Å²) in [6, 6.07) is -3.09. The number of carbonyl (C=O) groups is 5. The fourth-order valence-electron chi connectivity index (χ4n) is 2.17. The van der Waals surface area contributed by atoms with Crippen molar-refractivity contribution in [1.29, 1.82) is 0 Å². The molecule has 0 fully saturated rings. The van der Waals surface area contributed by atoms with E-state index in [1.54, 1.807) is 27.7 Å². The average Bonchev–Trinajstić information content (AvgIpc) is 2.59. The van der Waals surface area contributed by atoms with Gasteiger partial charge < -0.3 is 31.9 Å². The zero-order valence-corrected chi connectivity index (χ0v) is 16.5. The lowest BCUT2D eigenvalue weighted by Gasteiger charge is -2.26. The second-order valence-electron chi connectivity index (χ2n) is 7.11. The number of carboxylic acid groups (broad SMARTS) is 2. The van der Waals surface area contributed by atoms with E-state index >= 15 is 0 Å². The fourth-order valence-corrected chi connectivity index (χ4v) is 2.17. The molecule has 0 heterocycles. The zero-order chi connectivity index (χ0) is 22.0. The fraction of sp³-hybridized carbons (Fsp3) is 0.706. The Kier molecular flexibility index (Phi) is 10.8. The number of hydrogen-bond acceptors (Lipinski definition) is 6. The largest absolute Gasteiger partial charge is 0.481 e. The van der Waals surface area contributed by atoms with Crippen molar-refractivity contribution in [2.45, 2.75) is 58.7 Å². The molecule has 28 heavy (non-hydrogen) atoms. The Morgan fingerprint density at radius 2 is 1.39 bits per heavy atom. The molecule has 0 aromatic heterocycles. The maximum Gasteiger partial charge on any atom is 0.322 e. The summed E-state index contributed by atoms with van der Waals surface area (Å²) >= 11 is 0. The Balaban J connectivity index is 5.23. The lowest BCUT2D eigenvalue weighted by molar-refractivity contribution is -0.140. The van der Waals surface area contributed by atoms with Gasteiger partial charge in [0.15, 0.2) is 0 Å². The second-order valence-corrected chi connectivity index (χ2v) is 7.11.